The van der Waals surface area contributed by atoms with Gasteiger partial charge in [0.2, 0.25) is 10.0 Å². The molecule has 1 aliphatic heterocycles. The fourth-order valence-corrected chi connectivity index (χ4v) is 4.58. The van der Waals surface area contributed by atoms with E-state index in [-0.39, 0.29) is 29.4 Å². The van der Waals surface area contributed by atoms with Gasteiger partial charge in [-0.15, -0.1) is 0 Å². The van der Waals surface area contributed by atoms with Crippen LogP contribution in [0, 0.1) is 10.1 Å². The maximum Gasteiger partial charge on any atom is 0.294 e. The third-order valence-corrected chi connectivity index (χ3v) is 6.49. The van der Waals surface area contributed by atoms with Crippen molar-refractivity contribution in [3.63, 3.8) is 0 Å². The molecule has 0 bridgehead atoms. The molecule has 1 fully saturated rings. The lowest BCUT2D eigenvalue weighted by Gasteiger charge is -2.26. The van der Waals surface area contributed by atoms with Gasteiger partial charge >= 0.3 is 0 Å². The quantitative estimate of drug-likeness (QED) is 0.456. The second-order valence-electron chi connectivity index (χ2n) is 6.61. The molecule has 0 spiro atoms. The van der Waals surface area contributed by atoms with Crippen molar-refractivity contribution < 1.29 is 27.6 Å². The smallest absolute Gasteiger partial charge is 0.294 e. The standard InChI is InChI=1S/C20H25N3O7S/c1-3-29-19-8-5-15(13-20(19)30-4-2)21-17-7-6-16(14-18(17)23(24)25)31(26,27)22-9-11-28-12-10-22/h5-8,13-14,21H,3-4,9-12H2,1-2H3. The predicted molar refractivity (Wildman–Crippen MR) is 115 cm³/mol. The maximum atomic E-state index is 12.8. The normalized spacial score (nSPS) is 14.8. The van der Waals surface area contributed by atoms with E-state index in [9.17, 15) is 18.5 Å². The van der Waals surface area contributed by atoms with Gasteiger partial charge in [-0.3, -0.25) is 10.1 Å². The highest BCUT2D eigenvalue weighted by molar-refractivity contribution is 7.89. The number of nitro benzene ring substituents is 1. The largest absolute Gasteiger partial charge is 0.490 e. The Kier molecular flexibility index (Phi) is 7.31. The highest BCUT2D eigenvalue weighted by Gasteiger charge is 2.29. The molecule has 0 saturated carbocycles. The zero-order valence-corrected chi connectivity index (χ0v) is 18.2. The summed E-state index contributed by atoms with van der Waals surface area (Å²) in [5.74, 6) is 1.07. The van der Waals surface area contributed by atoms with Crippen LogP contribution in [0.1, 0.15) is 13.8 Å². The minimum absolute atomic E-state index is 0.131. The Morgan fingerprint density at radius 1 is 1.06 bits per heavy atom. The van der Waals surface area contributed by atoms with Crippen molar-refractivity contribution in [2.24, 2.45) is 0 Å². The summed E-state index contributed by atoms with van der Waals surface area (Å²) in [6.07, 6.45) is 0. The molecule has 0 aliphatic carbocycles. The van der Waals surface area contributed by atoms with Crippen LogP contribution < -0.4 is 14.8 Å². The first-order chi connectivity index (χ1) is 14.9. The molecule has 168 valence electrons. The Morgan fingerprint density at radius 2 is 1.74 bits per heavy atom. The number of morpholine rings is 1. The van der Waals surface area contributed by atoms with Crippen LogP contribution >= 0.6 is 0 Å². The van der Waals surface area contributed by atoms with E-state index < -0.39 is 14.9 Å². The molecule has 1 N–H and O–H groups in total. The van der Waals surface area contributed by atoms with Crippen molar-refractivity contribution >= 4 is 27.1 Å². The number of anilines is 2. The predicted octanol–water partition coefficient (Wildman–Crippen LogP) is 3.16. The van der Waals surface area contributed by atoms with Gasteiger partial charge in [-0.2, -0.15) is 4.31 Å². The Balaban J connectivity index is 1.92. The van der Waals surface area contributed by atoms with E-state index in [0.29, 0.717) is 43.6 Å². The fourth-order valence-electron chi connectivity index (χ4n) is 3.15. The van der Waals surface area contributed by atoms with E-state index in [1.54, 1.807) is 18.2 Å². The Labute approximate surface area is 180 Å². The summed E-state index contributed by atoms with van der Waals surface area (Å²) in [7, 11) is -3.85. The van der Waals surface area contributed by atoms with Crippen LogP contribution in [0.15, 0.2) is 41.3 Å². The summed E-state index contributed by atoms with van der Waals surface area (Å²) in [6.45, 7) is 5.61. The van der Waals surface area contributed by atoms with Crippen molar-refractivity contribution in [3.05, 3.63) is 46.5 Å². The number of hydrogen-bond acceptors (Lipinski definition) is 8. The molecule has 0 aromatic heterocycles. The fraction of sp³-hybridized carbons (Fsp3) is 0.400. The first-order valence-electron chi connectivity index (χ1n) is 9.89. The van der Waals surface area contributed by atoms with Crippen LogP contribution in [0.5, 0.6) is 11.5 Å². The topological polar surface area (TPSA) is 120 Å². The van der Waals surface area contributed by atoms with Gasteiger partial charge in [0.05, 0.1) is 36.2 Å². The van der Waals surface area contributed by atoms with E-state index in [2.05, 4.69) is 5.32 Å². The second kappa shape index (κ2) is 9.94. The third-order valence-electron chi connectivity index (χ3n) is 4.60. The van der Waals surface area contributed by atoms with Crippen molar-refractivity contribution in [1.29, 1.82) is 0 Å². The molecule has 3 rings (SSSR count). The van der Waals surface area contributed by atoms with Gasteiger partial charge in [-0.25, -0.2) is 8.42 Å². The third kappa shape index (κ3) is 5.24. The van der Waals surface area contributed by atoms with Crippen LogP contribution in [0.4, 0.5) is 17.1 Å². The van der Waals surface area contributed by atoms with Crippen molar-refractivity contribution in [2.75, 3.05) is 44.8 Å². The molecule has 11 heteroatoms. The molecule has 0 amide bonds. The molecular formula is C20H25N3O7S. The molecule has 10 nitrogen and oxygen atoms in total. The van der Waals surface area contributed by atoms with Crippen molar-refractivity contribution in [1.82, 2.24) is 4.31 Å². The molecule has 1 saturated heterocycles. The van der Waals surface area contributed by atoms with Crippen molar-refractivity contribution in [3.8, 4) is 11.5 Å². The van der Waals surface area contributed by atoms with Gasteiger partial charge in [-0.1, -0.05) is 0 Å². The molecule has 1 heterocycles. The Hall–Kier alpha value is -2.89. The van der Waals surface area contributed by atoms with E-state index >= 15 is 0 Å². The van der Waals surface area contributed by atoms with Gasteiger partial charge in [0.25, 0.3) is 5.69 Å². The molecule has 0 radical (unpaired) electrons. The van der Waals surface area contributed by atoms with Gasteiger partial charge in [0.1, 0.15) is 5.69 Å². The van der Waals surface area contributed by atoms with Crippen LogP contribution in [0.3, 0.4) is 0 Å². The molecular weight excluding hydrogens is 426 g/mol. The minimum Gasteiger partial charge on any atom is -0.490 e. The summed E-state index contributed by atoms with van der Waals surface area (Å²) in [5, 5.41) is 14.6. The summed E-state index contributed by atoms with van der Waals surface area (Å²) >= 11 is 0. The maximum absolute atomic E-state index is 12.8. The molecule has 0 atom stereocenters. The highest BCUT2D eigenvalue weighted by Crippen LogP contribution is 2.35. The number of ether oxygens (including phenoxy) is 3. The van der Waals surface area contributed by atoms with Gasteiger partial charge in [0, 0.05) is 30.9 Å². The summed E-state index contributed by atoms with van der Waals surface area (Å²) < 4.78 is 43.2. The number of sulfonamides is 1. The lowest BCUT2D eigenvalue weighted by molar-refractivity contribution is -0.384. The lowest BCUT2D eigenvalue weighted by atomic mass is 10.2. The van der Waals surface area contributed by atoms with Crippen LogP contribution in [-0.2, 0) is 14.8 Å². The molecule has 2 aromatic carbocycles. The summed E-state index contributed by atoms with van der Waals surface area (Å²) in [6, 6.07) is 8.91. The summed E-state index contributed by atoms with van der Waals surface area (Å²) in [5.41, 5.74) is 0.359. The van der Waals surface area contributed by atoms with Gasteiger partial charge < -0.3 is 19.5 Å². The van der Waals surface area contributed by atoms with Crippen LogP contribution in [0.25, 0.3) is 0 Å². The van der Waals surface area contributed by atoms with Crippen LogP contribution in [0.2, 0.25) is 0 Å². The monoisotopic (exact) mass is 451 g/mol. The van der Waals surface area contributed by atoms with E-state index in [4.69, 9.17) is 14.2 Å². The number of nitrogens with one attached hydrogen (secondary N) is 1. The van der Waals surface area contributed by atoms with E-state index in [1.165, 1.54) is 16.4 Å². The van der Waals surface area contributed by atoms with Crippen molar-refractivity contribution in [2.45, 2.75) is 18.7 Å². The number of nitro groups is 1. The van der Waals surface area contributed by atoms with Gasteiger partial charge in [0.15, 0.2) is 11.5 Å². The molecule has 0 unspecified atom stereocenters. The van der Waals surface area contributed by atoms with Crippen LogP contribution in [-0.4, -0.2) is 57.2 Å². The molecule has 2 aromatic rings. The first kappa shape index (κ1) is 22.8. The van der Waals surface area contributed by atoms with E-state index in [1.807, 2.05) is 13.8 Å². The Bertz CT molecular complexity index is 1040. The summed E-state index contributed by atoms with van der Waals surface area (Å²) in [4.78, 5) is 10.9. The highest BCUT2D eigenvalue weighted by atomic mass is 32.2. The number of nitrogens with zero attached hydrogens (tertiary/aromatic N) is 2. The average molecular weight is 452 g/mol. The number of hydrogen-bond donors (Lipinski definition) is 1. The zero-order chi connectivity index (χ0) is 22.4. The minimum atomic E-state index is -3.85. The van der Waals surface area contributed by atoms with E-state index in [0.717, 1.165) is 6.07 Å². The SMILES string of the molecule is CCOc1ccc(Nc2ccc(S(=O)(=O)N3CCOCC3)cc2[N+](=O)[O-])cc1OCC. The molecule has 1 aliphatic rings. The molecule has 31 heavy (non-hydrogen) atoms. The first-order valence-corrected chi connectivity index (χ1v) is 11.3. The number of rotatable bonds is 9. The van der Waals surface area contributed by atoms with Gasteiger partial charge in [-0.05, 0) is 38.1 Å². The zero-order valence-electron chi connectivity index (χ0n) is 17.4. The Morgan fingerprint density at radius 3 is 2.39 bits per heavy atom. The second-order valence-corrected chi connectivity index (χ2v) is 8.54. The lowest BCUT2D eigenvalue weighted by Crippen LogP contribution is -2.40. The average Bonchev–Trinajstić information content (AvgIpc) is 2.76. The number of benzene rings is 2.